The number of nitro groups is 1. The zero-order valence-electron chi connectivity index (χ0n) is 11.2. The molecule has 3 N–H and O–H groups in total. The first-order chi connectivity index (χ1) is 9.62. The Balaban J connectivity index is 3.06. The van der Waals surface area contributed by atoms with Gasteiger partial charge in [-0.15, -0.1) is 0 Å². The molecule has 0 bridgehead atoms. The first-order valence-corrected chi connectivity index (χ1v) is 7.41. The number of anilines is 1. The topological polar surface area (TPSA) is 144 Å². The van der Waals surface area contributed by atoms with Gasteiger partial charge in [-0.2, -0.15) is 0 Å². The lowest BCUT2D eigenvalue weighted by Crippen LogP contribution is -2.21. The molecular formula is C11H15N3O6S. The van der Waals surface area contributed by atoms with Crippen LogP contribution in [0.3, 0.4) is 0 Å². The number of nitrogens with zero attached hydrogens (tertiary/aromatic N) is 2. The van der Waals surface area contributed by atoms with E-state index in [1.807, 2.05) is 0 Å². The molecule has 1 rings (SSSR count). The number of carboxylic acids is 1. The van der Waals surface area contributed by atoms with Gasteiger partial charge in [0.2, 0.25) is 10.0 Å². The van der Waals surface area contributed by atoms with Crippen LogP contribution < -0.4 is 10.0 Å². The summed E-state index contributed by atoms with van der Waals surface area (Å²) in [6.45, 7) is 0.280. The Morgan fingerprint density at radius 3 is 2.57 bits per heavy atom. The van der Waals surface area contributed by atoms with Crippen LogP contribution in [0.1, 0.15) is 12.8 Å². The third-order valence-electron chi connectivity index (χ3n) is 2.77. The zero-order chi connectivity index (χ0) is 16.2. The fourth-order valence-electron chi connectivity index (χ4n) is 1.74. The number of nitrogens with two attached hydrogens (primary N) is 1. The van der Waals surface area contributed by atoms with Crippen molar-refractivity contribution in [3.63, 3.8) is 0 Å². The minimum atomic E-state index is -4.03. The van der Waals surface area contributed by atoms with Gasteiger partial charge in [-0.25, -0.2) is 13.6 Å². The highest BCUT2D eigenvalue weighted by atomic mass is 32.2. The molecule has 9 nitrogen and oxygen atoms in total. The van der Waals surface area contributed by atoms with Gasteiger partial charge in [0.1, 0.15) is 5.69 Å². The van der Waals surface area contributed by atoms with Crippen LogP contribution in [0.15, 0.2) is 23.1 Å². The summed E-state index contributed by atoms with van der Waals surface area (Å²) in [6.07, 6.45) is 0.243. The molecule has 0 saturated heterocycles. The summed E-state index contributed by atoms with van der Waals surface area (Å²) in [6, 6.07) is 3.34. The largest absolute Gasteiger partial charge is 0.481 e. The Morgan fingerprint density at radius 1 is 1.48 bits per heavy atom. The van der Waals surface area contributed by atoms with Crippen molar-refractivity contribution in [2.75, 3.05) is 18.5 Å². The molecule has 1 aromatic rings. The Kier molecular flexibility index (Phi) is 5.22. The van der Waals surface area contributed by atoms with Crippen LogP contribution in [0.2, 0.25) is 0 Å². The molecule has 116 valence electrons. The molecule has 0 heterocycles. The zero-order valence-corrected chi connectivity index (χ0v) is 12.0. The lowest BCUT2D eigenvalue weighted by molar-refractivity contribution is -0.384. The van der Waals surface area contributed by atoms with Gasteiger partial charge < -0.3 is 10.0 Å². The maximum absolute atomic E-state index is 11.2. The van der Waals surface area contributed by atoms with Crippen LogP contribution >= 0.6 is 0 Å². The van der Waals surface area contributed by atoms with E-state index in [4.69, 9.17) is 10.2 Å². The number of carboxylic acid groups (broad SMARTS) is 1. The van der Waals surface area contributed by atoms with E-state index in [2.05, 4.69) is 0 Å². The van der Waals surface area contributed by atoms with Crippen molar-refractivity contribution in [1.29, 1.82) is 0 Å². The van der Waals surface area contributed by atoms with Gasteiger partial charge in [0.05, 0.1) is 9.82 Å². The van der Waals surface area contributed by atoms with Crippen LogP contribution in [0, 0.1) is 10.1 Å². The van der Waals surface area contributed by atoms with E-state index in [0.717, 1.165) is 6.07 Å². The van der Waals surface area contributed by atoms with Crippen molar-refractivity contribution in [2.24, 2.45) is 5.14 Å². The molecule has 0 amide bonds. The maximum Gasteiger partial charge on any atom is 0.303 e. The highest BCUT2D eigenvalue weighted by Crippen LogP contribution is 2.29. The molecular weight excluding hydrogens is 302 g/mol. The van der Waals surface area contributed by atoms with Gasteiger partial charge in [-0.3, -0.25) is 14.9 Å². The van der Waals surface area contributed by atoms with Gasteiger partial charge in [0.25, 0.3) is 5.69 Å². The second kappa shape index (κ2) is 6.50. The number of benzene rings is 1. The van der Waals surface area contributed by atoms with Crippen LogP contribution in [0.25, 0.3) is 0 Å². The van der Waals surface area contributed by atoms with Crippen LogP contribution in [0.5, 0.6) is 0 Å². The Morgan fingerprint density at radius 2 is 2.10 bits per heavy atom. The molecule has 0 aliphatic carbocycles. The normalized spacial score (nSPS) is 11.1. The number of rotatable bonds is 7. The van der Waals surface area contributed by atoms with Crippen LogP contribution in [-0.4, -0.2) is 38.0 Å². The summed E-state index contributed by atoms with van der Waals surface area (Å²) < 4.78 is 22.4. The van der Waals surface area contributed by atoms with E-state index in [0.29, 0.717) is 6.42 Å². The molecule has 0 unspecified atom stereocenters. The fourth-order valence-corrected chi connectivity index (χ4v) is 2.27. The highest BCUT2D eigenvalue weighted by molar-refractivity contribution is 7.89. The molecule has 0 radical (unpaired) electrons. The first kappa shape index (κ1) is 16.9. The molecule has 0 aliphatic rings. The summed E-state index contributed by atoms with van der Waals surface area (Å²) in [4.78, 5) is 21.9. The van der Waals surface area contributed by atoms with Crippen LogP contribution in [0.4, 0.5) is 11.4 Å². The average molecular weight is 317 g/mol. The van der Waals surface area contributed by atoms with Gasteiger partial charge in [0.15, 0.2) is 0 Å². The van der Waals surface area contributed by atoms with E-state index >= 15 is 0 Å². The summed E-state index contributed by atoms with van der Waals surface area (Å²) in [7, 11) is -2.47. The average Bonchev–Trinajstić information content (AvgIpc) is 2.36. The third kappa shape index (κ3) is 4.68. The van der Waals surface area contributed by atoms with E-state index in [-0.39, 0.29) is 23.5 Å². The summed E-state index contributed by atoms with van der Waals surface area (Å²) in [5.74, 6) is -0.956. The molecule has 1 aromatic carbocycles. The van der Waals surface area contributed by atoms with Crippen molar-refractivity contribution < 1.29 is 23.2 Å². The summed E-state index contributed by atoms with van der Waals surface area (Å²) in [5, 5.41) is 24.5. The summed E-state index contributed by atoms with van der Waals surface area (Å²) >= 11 is 0. The summed E-state index contributed by atoms with van der Waals surface area (Å²) in [5.41, 5.74) is -0.211. The predicted molar refractivity (Wildman–Crippen MR) is 74.6 cm³/mol. The van der Waals surface area contributed by atoms with E-state index in [1.165, 1.54) is 17.0 Å². The number of sulfonamides is 1. The number of primary sulfonamides is 1. The fraction of sp³-hybridized carbons (Fsp3) is 0.364. The number of hydrogen-bond acceptors (Lipinski definition) is 6. The monoisotopic (exact) mass is 317 g/mol. The smallest absolute Gasteiger partial charge is 0.303 e. The van der Waals surface area contributed by atoms with Gasteiger partial charge in [-0.05, 0) is 18.6 Å². The molecule has 0 saturated carbocycles. The molecule has 10 heteroatoms. The van der Waals surface area contributed by atoms with E-state index in [1.54, 1.807) is 7.05 Å². The molecule has 0 fully saturated rings. The minimum Gasteiger partial charge on any atom is -0.481 e. The van der Waals surface area contributed by atoms with Crippen molar-refractivity contribution in [3.05, 3.63) is 28.3 Å². The Bertz CT molecular complexity index is 658. The second-order valence-electron chi connectivity index (χ2n) is 4.37. The van der Waals surface area contributed by atoms with Crippen LogP contribution in [-0.2, 0) is 14.8 Å². The number of carbonyl (C=O) groups is 1. The predicted octanol–water partition coefficient (Wildman–Crippen LogP) is 0.543. The molecule has 0 aromatic heterocycles. The molecule has 0 aliphatic heterocycles. The quantitative estimate of drug-likeness (QED) is 0.551. The number of aliphatic carboxylic acids is 1. The maximum atomic E-state index is 11.2. The highest BCUT2D eigenvalue weighted by Gasteiger charge is 2.21. The van der Waals surface area contributed by atoms with E-state index < -0.39 is 26.6 Å². The van der Waals surface area contributed by atoms with Crippen molar-refractivity contribution in [1.82, 2.24) is 0 Å². The minimum absolute atomic E-state index is 0.0621. The van der Waals surface area contributed by atoms with Gasteiger partial charge in [-0.1, -0.05) is 0 Å². The number of nitro benzene ring substituents is 1. The molecule has 0 atom stereocenters. The van der Waals surface area contributed by atoms with Crippen molar-refractivity contribution in [2.45, 2.75) is 17.7 Å². The Hall–Kier alpha value is -2.20. The van der Waals surface area contributed by atoms with Crippen molar-refractivity contribution in [3.8, 4) is 0 Å². The number of hydrogen-bond donors (Lipinski definition) is 2. The van der Waals surface area contributed by atoms with Crippen molar-refractivity contribution >= 4 is 27.4 Å². The third-order valence-corrected chi connectivity index (χ3v) is 3.68. The lowest BCUT2D eigenvalue weighted by atomic mass is 10.2. The second-order valence-corrected chi connectivity index (χ2v) is 5.93. The first-order valence-electron chi connectivity index (χ1n) is 5.87. The van der Waals surface area contributed by atoms with Gasteiger partial charge >= 0.3 is 5.97 Å². The standard InChI is InChI=1S/C11H15N3O6S/c1-13(6-2-3-11(15)16)9-5-4-8(21(12,19)20)7-10(9)14(17)18/h4-5,7H,2-3,6H2,1H3,(H,15,16)(H2,12,19,20). The molecule has 0 spiro atoms. The molecule has 21 heavy (non-hydrogen) atoms. The van der Waals surface area contributed by atoms with Gasteiger partial charge in [0, 0.05) is 26.1 Å². The van der Waals surface area contributed by atoms with E-state index in [9.17, 15) is 23.3 Å². The Labute approximate surface area is 121 Å². The SMILES string of the molecule is CN(CCCC(=O)O)c1ccc(S(N)(=O)=O)cc1[N+](=O)[O-]. The lowest BCUT2D eigenvalue weighted by Gasteiger charge is -2.19.